The van der Waals surface area contributed by atoms with Gasteiger partial charge in [0.05, 0.1) is 12.2 Å². The van der Waals surface area contributed by atoms with Gasteiger partial charge in [0.15, 0.2) is 0 Å². The minimum atomic E-state index is -0.875. The Morgan fingerprint density at radius 1 is 1.17 bits per heavy atom. The van der Waals surface area contributed by atoms with Gasteiger partial charge in [0.1, 0.15) is 5.78 Å². The molecule has 2 atom stereocenters. The quantitative estimate of drug-likeness (QED) is 0.408. The summed E-state index contributed by atoms with van der Waals surface area (Å²) in [6.45, 7) is 3.16. The van der Waals surface area contributed by atoms with Gasteiger partial charge in [-0.2, -0.15) is 0 Å². The van der Waals surface area contributed by atoms with E-state index in [2.05, 4.69) is 0 Å². The molecule has 0 bridgehead atoms. The van der Waals surface area contributed by atoms with Crippen molar-refractivity contribution in [2.75, 3.05) is 13.1 Å². The van der Waals surface area contributed by atoms with Crippen LogP contribution < -0.4 is 11.5 Å². The molecular formula is C7H18N2O3. The number of carbonyl (C=O) groups excluding carboxylic acids is 1. The molecule has 5 heteroatoms. The monoisotopic (exact) mass is 178 g/mol. The maximum atomic E-state index is 9.44. The SMILES string of the molecule is CC(C)=O.NCC(O)C(O)CN. The van der Waals surface area contributed by atoms with Crippen LogP contribution in [-0.2, 0) is 4.79 Å². The van der Waals surface area contributed by atoms with Gasteiger partial charge in [0.25, 0.3) is 0 Å². The third-order valence-electron chi connectivity index (χ3n) is 0.927. The molecule has 0 aliphatic heterocycles. The summed E-state index contributed by atoms with van der Waals surface area (Å²) >= 11 is 0. The molecule has 12 heavy (non-hydrogen) atoms. The highest BCUT2D eigenvalue weighted by atomic mass is 16.3. The first-order valence-corrected chi connectivity index (χ1v) is 3.69. The molecule has 0 aromatic carbocycles. The molecule has 0 spiro atoms. The minimum Gasteiger partial charge on any atom is -0.389 e. The lowest BCUT2D eigenvalue weighted by atomic mass is 10.2. The maximum Gasteiger partial charge on any atom is 0.126 e. The predicted octanol–water partition coefficient (Wildman–Crippen LogP) is -1.78. The van der Waals surface area contributed by atoms with Crippen molar-refractivity contribution in [2.24, 2.45) is 11.5 Å². The Morgan fingerprint density at radius 2 is 1.33 bits per heavy atom. The van der Waals surface area contributed by atoms with Gasteiger partial charge >= 0.3 is 0 Å². The second kappa shape index (κ2) is 8.61. The van der Waals surface area contributed by atoms with Crippen LogP contribution >= 0.6 is 0 Å². The topological polar surface area (TPSA) is 110 Å². The molecule has 0 radical (unpaired) electrons. The maximum absolute atomic E-state index is 9.44. The Bertz CT molecular complexity index is 107. The van der Waals surface area contributed by atoms with Gasteiger partial charge in [-0.1, -0.05) is 0 Å². The molecule has 0 fully saturated rings. The highest BCUT2D eigenvalue weighted by Crippen LogP contribution is 1.85. The summed E-state index contributed by atoms with van der Waals surface area (Å²) in [6, 6.07) is 0. The van der Waals surface area contributed by atoms with Crippen molar-refractivity contribution >= 4 is 5.78 Å². The van der Waals surface area contributed by atoms with Crippen LogP contribution in [0.25, 0.3) is 0 Å². The van der Waals surface area contributed by atoms with E-state index >= 15 is 0 Å². The Labute approximate surface area is 72.4 Å². The lowest BCUT2D eigenvalue weighted by molar-refractivity contribution is -0.114. The van der Waals surface area contributed by atoms with Gasteiger partial charge in [-0.25, -0.2) is 0 Å². The summed E-state index contributed by atoms with van der Waals surface area (Å²) in [7, 11) is 0. The molecule has 6 N–H and O–H groups in total. The van der Waals surface area contributed by atoms with Crippen molar-refractivity contribution < 1.29 is 15.0 Å². The molecule has 0 aromatic rings. The van der Waals surface area contributed by atoms with E-state index in [-0.39, 0.29) is 18.9 Å². The van der Waals surface area contributed by atoms with Gasteiger partial charge in [-0.15, -0.1) is 0 Å². The van der Waals surface area contributed by atoms with Gasteiger partial charge in [-0.3, -0.25) is 0 Å². The molecule has 0 aliphatic carbocycles. The first-order valence-electron chi connectivity index (χ1n) is 3.69. The second-order valence-corrected chi connectivity index (χ2v) is 2.51. The van der Waals surface area contributed by atoms with E-state index < -0.39 is 12.2 Å². The minimum absolute atomic E-state index is 0.0539. The fraction of sp³-hybridized carbons (Fsp3) is 0.857. The van der Waals surface area contributed by atoms with Crippen molar-refractivity contribution in [1.29, 1.82) is 0 Å². The lowest BCUT2D eigenvalue weighted by Crippen LogP contribution is -2.38. The number of ketones is 1. The number of hydrogen-bond acceptors (Lipinski definition) is 5. The van der Waals surface area contributed by atoms with Crippen LogP contribution in [-0.4, -0.2) is 41.3 Å². The van der Waals surface area contributed by atoms with E-state index in [0.29, 0.717) is 0 Å². The third kappa shape index (κ3) is 12.2. The number of carbonyl (C=O) groups is 1. The van der Waals surface area contributed by atoms with Crippen molar-refractivity contribution in [3.8, 4) is 0 Å². The Hall–Kier alpha value is -0.490. The molecule has 74 valence electrons. The summed E-state index contributed by atoms with van der Waals surface area (Å²) in [5.41, 5.74) is 9.97. The summed E-state index contributed by atoms with van der Waals surface area (Å²) in [5.74, 6) is 0.167. The molecule has 0 rings (SSSR count). The summed E-state index contributed by atoms with van der Waals surface area (Å²) < 4.78 is 0. The van der Waals surface area contributed by atoms with Crippen molar-refractivity contribution in [1.82, 2.24) is 0 Å². The zero-order valence-electron chi connectivity index (χ0n) is 7.53. The number of Topliss-reactive ketones (excluding diaryl/α,β-unsaturated/α-hetero) is 1. The van der Waals surface area contributed by atoms with Gasteiger partial charge < -0.3 is 26.5 Å². The van der Waals surface area contributed by atoms with E-state index in [1.165, 1.54) is 13.8 Å². The number of aliphatic hydroxyl groups excluding tert-OH is 2. The van der Waals surface area contributed by atoms with Gasteiger partial charge in [0, 0.05) is 13.1 Å². The standard InChI is InChI=1S/C4H12N2O2.C3H6O/c5-1-3(7)4(8)2-6;1-3(2)4/h3-4,7-8H,1-2,5-6H2;1-2H3. The second-order valence-electron chi connectivity index (χ2n) is 2.51. The number of nitrogens with two attached hydrogens (primary N) is 2. The van der Waals surface area contributed by atoms with Crippen LogP contribution in [0.4, 0.5) is 0 Å². The molecule has 5 nitrogen and oxygen atoms in total. The van der Waals surface area contributed by atoms with Gasteiger partial charge in [-0.05, 0) is 13.8 Å². The van der Waals surface area contributed by atoms with E-state index in [0.717, 1.165) is 0 Å². The van der Waals surface area contributed by atoms with Crippen LogP contribution in [0.3, 0.4) is 0 Å². The van der Waals surface area contributed by atoms with Crippen molar-refractivity contribution in [3.05, 3.63) is 0 Å². The normalized spacial score (nSPS) is 14.2. The molecule has 0 saturated carbocycles. The first-order chi connectivity index (χ1) is 5.45. The molecule has 0 aromatic heterocycles. The molecule has 0 amide bonds. The zero-order chi connectivity index (χ0) is 10.1. The average molecular weight is 178 g/mol. The van der Waals surface area contributed by atoms with Crippen LogP contribution in [0.5, 0.6) is 0 Å². The van der Waals surface area contributed by atoms with E-state index in [4.69, 9.17) is 21.7 Å². The highest BCUT2D eigenvalue weighted by molar-refractivity contribution is 5.72. The van der Waals surface area contributed by atoms with Crippen molar-refractivity contribution in [3.63, 3.8) is 0 Å². The fourth-order valence-corrected chi connectivity index (χ4v) is 0.314. The Kier molecular flexibility index (Phi) is 10.1. The fourth-order valence-electron chi connectivity index (χ4n) is 0.314. The van der Waals surface area contributed by atoms with E-state index in [9.17, 15) is 4.79 Å². The first kappa shape index (κ1) is 14.1. The summed E-state index contributed by atoms with van der Waals surface area (Å²) in [5, 5.41) is 17.3. The molecule has 0 saturated heterocycles. The average Bonchev–Trinajstić information content (AvgIpc) is 2.00. The molecule has 0 heterocycles. The zero-order valence-corrected chi connectivity index (χ0v) is 7.53. The molecule has 0 aliphatic rings. The Morgan fingerprint density at radius 3 is 1.42 bits per heavy atom. The number of aliphatic hydroxyl groups is 2. The summed E-state index contributed by atoms with van der Waals surface area (Å²) in [4.78, 5) is 9.44. The summed E-state index contributed by atoms with van der Waals surface area (Å²) in [6.07, 6.45) is -1.75. The predicted molar refractivity (Wildman–Crippen MR) is 46.5 cm³/mol. The molecular weight excluding hydrogens is 160 g/mol. The van der Waals surface area contributed by atoms with Crippen LogP contribution in [0.1, 0.15) is 13.8 Å². The van der Waals surface area contributed by atoms with E-state index in [1.54, 1.807) is 0 Å². The Balaban J connectivity index is 0. The lowest BCUT2D eigenvalue weighted by Gasteiger charge is -2.12. The smallest absolute Gasteiger partial charge is 0.126 e. The van der Waals surface area contributed by atoms with E-state index in [1.807, 2.05) is 0 Å². The van der Waals surface area contributed by atoms with Crippen LogP contribution in [0, 0.1) is 0 Å². The van der Waals surface area contributed by atoms with Crippen LogP contribution in [0.2, 0.25) is 0 Å². The third-order valence-corrected chi connectivity index (χ3v) is 0.927. The number of hydrogen-bond donors (Lipinski definition) is 4. The number of rotatable bonds is 3. The van der Waals surface area contributed by atoms with Crippen LogP contribution in [0.15, 0.2) is 0 Å². The largest absolute Gasteiger partial charge is 0.389 e. The molecule has 2 unspecified atom stereocenters. The van der Waals surface area contributed by atoms with Crippen molar-refractivity contribution in [2.45, 2.75) is 26.1 Å². The van der Waals surface area contributed by atoms with Gasteiger partial charge in [0.2, 0.25) is 0 Å². The highest BCUT2D eigenvalue weighted by Gasteiger charge is 2.10.